The summed E-state index contributed by atoms with van der Waals surface area (Å²) in [6.07, 6.45) is 0. The Bertz CT molecular complexity index is 585. The van der Waals surface area contributed by atoms with Gasteiger partial charge in [0.1, 0.15) is 10.5 Å². The molecule has 2 nitrogen and oxygen atoms in total. The quantitative estimate of drug-likeness (QED) is 0.800. The fourth-order valence-corrected chi connectivity index (χ4v) is 1.97. The molecule has 0 aliphatic rings. The number of aromatic nitrogens is 2. The Hall–Kier alpha value is -1.48. The minimum atomic E-state index is 0.419. The number of nitrogens with one attached hydrogen (secondary N) is 1. The predicted octanol–water partition coefficient (Wildman–Crippen LogP) is 4.24. The van der Waals surface area contributed by atoms with Gasteiger partial charge in [0, 0.05) is 11.3 Å². The SMILES string of the molecule is Cc1ccccc1-c1nc(=S)cc(C(C)C)[nH]1. The van der Waals surface area contributed by atoms with Gasteiger partial charge in [-0.05, 0) is 24.5 Å². The van der Waals surface area contributed by atoms with Crippen LogP contribution >= 0.6 is 12.2 Å². The van der Waals surface area contributed by atoms with Crippen molar-refractivity contribution in [2.45, 2.75) is 26.7 Å². The molecule has 0 amide bonds. The zero-order valence-electron chi connectivity index (χ0n) is 10.3. The summed E-state index contributed by atoms with van der Waals surface area (Å²) in [5.74, 6) is 1.28. The molecule has 0 atom stereocenters. The maximum atomic E-state index is 5.22. The third kappa shape index (κ3) is 2.61. The van der Waals surface area contributed by atoms with Gasteiger partial charge in [0.25, 0.3) is 0 Å². The monoisotopic (exact) mass is 244 g/mol. The molecule has 0 bridgehead atoms. The van der Waals surface area contributed by atoms with Gasteiger partial charge in [0.2, 0.25) is 0 Å². The Morgan fingerprint density at radius 3 is 2.59 bits per heavy atom. The minimum Gasteiger partial charge on any atom is -0.343 e. The number of hydrogen-bond donors (Lipinski definition) is 1. The Morgan fingerprint density at radius 1 is 1.24 bits per heavy atom. The van der Waals surface area contributed by atoms with Crippen LogP contribution in [-0.2, 0) is 0 Å². The first-order chi connectivity index (χ1) is 8.08. The first kappa shape index (κ1) is 12.0. The second-order valence-corrected chi connectivity index (χ2v) is 4.91. The van der Waals surface area contributed by atoms with Gasteiger partial charge in [0.15, 0.2) is 0 Å². The molecule has 0 unspecified atom stereocenters. The molecule has 3 heteroatoms. The molecule has 0 aliphatic heterocycles. The van der Waals surface area contributed by atoms with Gasteiger partial charge in [-0.15, -0.1) is 0 Å². The molecular formula is C14H16N2S. The topological polar surface area (TPSA) is 28.7 Å². The Morgan fingerprint density at radius 2 is 1.94 bits per heavy atom. The van der Waals surface area contributed by atoms with Crippen LogP contribution in [0.15, 0.2) is 30.3 Å². The molecular weight excluding hydrogens is 228 g/mol. The van der Waals surface area contributed by atoms with Crippen LogP contribution in [0.3, 0.4) is 0 Å². The predicted molar refractivity (Wildman–Crippen MR) is 73.7 cm³/mol. The van der Waals surface area contributed by atoms with E-state index in [1.165, 1.54) is 5.56 Å². The van der Waals surface area contributed by atoms with Crippen LogP contribution in [0.1, 0.15) is 31.0 Å². The summed E-state index contributed by atoms with van der Waals surface area (Å²) in [5.41, 5.74) is 3.44. The van der Waals surface area contributed by atoms with E-state index in [1.54, 1.807) is 0 Å². The average Bonchev–Trinajstić information content (AvgIpc) is 2.28. The van der Waals surface area contributed by atoms with E-state index in [0.29, 0.717) is 10.6 Å². The van der Waals surface area contributed by atoms with Gasteiger partial charge >= 0.3 is 0 Å². The number of aromatic amines is 1. The standard InChI is InChI=1S/C14H16N2S/c1-9(2)12-8-13(17)16-14(15-12)11-7-5-4-6-10(11)3/h4-9H,1-3H3,(H,15,16,17). The lowest BCUT2D eigenvalue weighted by Crippen LogP contribution is -1.98. The van der Waals surface area contributed by atoms with Crippen molar-refractivity contribution in [3.8, 4) is 11.4 Å². The van der Waals surface area contributed by atoms with Crippen molar-refractivity contribution in [1.29, 1.82) is 0 Å². The summed E-state index contributed by atoms with van der Waals surface area (Å²) in [6, 6.07) is 10.1. The van der Waals surface area contributed by atoms with E-state index in [0.717, 1.165) is 17.1 Å². The van der Waals surface area contributed by atoms with E-state index in [4.69, 9.17) is 12.2 Å². The number of nitrogens with zero attached hydrogens (tertiary/aromatic N) is 1. The minimum absolute atomic E-state index is 0.419. The largest absolute Gasteiger partial charge is 0.343 e. The van der Waals surface area contributed by atoms with Crippen LogP contribution in [0.5, 0.6) is 0 Å². The molecule has 0 saturated heterocycles. The molecule has 1 aromatic heterocycles. The van der Waals surface area contributed by atoms with E-state index in [-0.39, 0.29) is 0 Å². The molecule has 0 radical (unpaired) electrons. The van der Waals surface area contributed by atoms with Crippen LogP contribution in [0.25, 0.3) is 11.4 Å². The maximum absolute atomic E-state index is 5.22. The summed E-state index contributed by atoms with van der Waals surface area (Å²) < 4.78 is 0.644. The Labute approximate surface area is 107 Å². The van der Waals surface area contributed by atoms with Gasteiger partial charge < -0.3 is 4.98 Å². The first-order valence-corrected chi connectivity index (χ1v) is 6.16. The molecule has 0 aliphatic carbocycles. The van der Waals surface area contributed by atoms with Crippen molar-refractivity contribution >= 4 is 12.2 Å². The fourth-order valence-electron chi connectivity index (χ4n) is 1.75. The lowest BCUT2D eigenvalue weighted by Gasteiger charge is -2.10. The second kappa shape index (κ2) is 4.80. The van der Waals surface area contributed by atoms with E-state index in [2.05, 4.69) is 42.9 Å². The van der Waals surface area contributed by atoms with Gasteiger partial charge in [-0.3, -0.25) is 0 Å². The van der Waals surface area contributed by atoms with E-state index >= 15 is 0 Å². The van der Waals surface area contributed by atoms with Crippen molar-refractivity contribution < 1.29 is 0 Å². The molecule has 0 spiro atoms. The summed E-state index contributed by atoms with van der Waals surface area (Å²) >= 11 is 5.22. The zero-order valence-corrected chi connectivity index (χ0v) is 11.1. The van der Waals surface area contributed by atoms with Crippen LogP contribution in [-0.4, -0.2) is 9.97 Å². The molecule has 2 aromatic rings. The number of H-pyrrole nitrogens is 1. The Kier molecular flexibility index (Phi) is 3.38. The van der Waals surface area contributed by atoms with E-state index in [1.807, 2.05) is 18.2 Å². The fraction of sp³-hybridized carbons (Fsp3) is 0.286. The van der Waals surface area contributed by atoms with Crippen molar-refractivity contribution in [3.63, 3.8) is 0 Å². The third-order valence-corrected chi connectivity index (χ3v) is 3.00. The number of benzene rings is 1. The molecule has 1 heterocycles. The molecule has 0 saturated carbocycles. The van der Waals surface area contributed by atoms with E-state index < -0.39 is 0 Å². The maximum Gasteiger partial charge on any atom is 0.139 e. The van der Waals surface area contributed by atoms with Gasteiger partial charge in [-0.25, -0.2) is 4.98 Å². The summed E-state index contributed by atoms with van der Waals surface area (Å²) in [6.45, 7) is 6.36. The molecule has 2 rings (SSSR count). The van der Waals surface area contributed by atoms with Crippen LogP contribution in [0.2, 0.25) is 0 Å². The summed E-state index contributed by atoms with van der Waals surface area (Å²) in [7, 11) is 0. The van der Waals surface area contributed by atoms with Crippen molar-refractivity contribution in [2.24, 2.45) is 0 Å². The average molecular weight is 244 g/mol. The lowest BCUT2D eigenvalue weighted by molar-refractivity contribution is 0.815. The molecule has 1 N–H and O–H groups in total. The lowest BCUT2D eigenvalue weighted by atomic mass is 10.1. The van der Waals surface area contributed by atoms with Crippen LogP contribution in [0, 0.1) is 11.6 Å². The number of hydrogen-bond acceptors (Lipinski definition) is 2. The summed E-state index contributed by atoms with van der Waals surface area (Å²) in [5, 5.41) is 0. The van der Waals surface area contributed by atoms with Gasteiger partial charge in [0.05, 0.1) is 0 Å². The van der Waals surface area contributed by atoms with E-state index in [9.17, 15) is 0 Å². The molecule has 1 aromatic carbocycles. The molecule has 88 valence electrons. The van der Waals surface area contributed by atoms with Crippen molar-refractivity contribution in [2.75, 3.05) is 0 Å². The van der Waals surface area contributed by atoms with Crippen molar-refractivity contribution in [1.82, 2.24) is 9.97 Å². The van der Waals surface area contributed by atoms with Gasteiger partial charge in [-0.1, -0.05) is 50.3 Å². The highest BCUT2D eigenvalue weighted by atomic mass is 32.1. The normalized spacial score (nSPS) is 10.8. The highest BCUT2D eigenvalue weighted by Crippen LogP contribution is 2.21. The third-order valence-electron chi connectivity index (χ3n) is 2.79. The molecule has 17 heavy (non-hydrogen) atoms. The second-order valence-electron chi connectivity index (χ2n) is 4.49. The Balaban J connectivity index is 2.60. The number of aryl methyl sites for hydroxylation is 1. The smallest absolute Gasteiger partial charge is 0.139 e. The van der Waals surface area contributed by atoms with Crippen LogP contribution in [0.4, 0.5) is 0 Å². The number of rotatable bonds is 2. The van der Waals surface area contributed by atoms with Gasteiger partial charge in [-0.2, -0.15) is 0 Å². The zero-order chi connectivity index (χ0) is 12.4. The van der Waals surface area contributed by atoms with Crippen molar-refractivity contribution in [3.05, 3.63) is 46.2 Å². The summed E-state index contributed by atoms with van der Waals surface area (Å²) in [4.78, 5) is 7.77. The highest BCUT2D eigenvalue weighted by molar-refractivity contribution is 7.71. The first-order valence-electron chi connectivity index (χ1n) is 5.75. The van der Waals surface area contributed by atoms with Crippen LogP contribution < -0.4 is 0 Å². The molecule has 0 fully saturated rings. The highest BCUT2D eigenvalue weighted by Gasteiger charge is 2.06.